The van der Waals surface area contributed by atoms with Crippen LogP contribution in [0.3, 0.4) is 0 Å². The first-order valence-corrected chi connectivity index (χ1v) is 5.41. The fourth-order valence-corrected chi connectivity index (χ4v) is 1.00. The van der Waals surface area contributed by atoms with Crippen molar-refractivity contribution in [1.29, 1.82) is 0 Å². The molecular weight excluding hydrogens is 176 g/mol. The number of rotatable bonds is 7. The maximum atomic E-state index is 5.61. The van der Waals surface area contributed by atoms with Crippen molar-refractivity contribution >= 4 is 0 Å². The summed E-state index contributed by atoms with van der Waals surface area (Å²) in [6.07, 6.45) is 1.09. The van der Waals surface area contributed by atoms with E-state index in [2.05, 4.69) is 45.1 Å². The third-order valence-electron chi connectivity index (χ3n) is 1.77. The molecule has 14 heavy (non-hydrogen) atoms. The molecule has 0 aliphatic heterocycles. The second-order valence-electron chi connectivity index (χ2n) is 4.87. The van der Waals surface area contributed by atoms with Crippen LogP contribution in [0.15, 0.2) is 0 Å². The third kappa shape index (κ3) is 11.9. The van der Waals surface area contributed by atoms with Gasteiger partial charge in [0.25, 0.3) is 0 Å². The Morgan fingerprint density at radius 3 is 2.29 bits per heavy atom. The van der Waals surface area contributed by atoms with Gasteiger partial charge in [-0.25, -0.2) is 0 Å². The van der Waals surface area contributed by atoms with Crippen molar-refractivity contribution in [2.75, 3.05) is 40.3 Å². The van der Waals surface area contributed by atoms with Crippen molar-refractivity contribution in [2.45, 2.75) is 32.8 Å². The molecule has 0 radical (unpaired) electrons. The van der Waals surface area contributed by atoms with E-state index < -0.39 is 0 Å². The average molecular weight is 202 g/mol. The number of nitrogens with zero attached hydrogens (tertiary/aromatic N) is 1. The number of hydrogen-bond acceptors (Lipinski definition) is 3. The summed E-state index contributed by atoms with van der Waals surface area (Å²) in [4.78, 5) is 2.18. The van der Waals surface area contributed by atoms with Gasteiger partial charge in [0.15, 0.2) is 0 Å². The molecule has 0 aliphatic carbocycles. The number of nitrogens with one attached hydrogen (secondary N) is 1. The van der Waals surface area contributed by atoms with Crippen molar-refractivity contribution in [3.05, 3.63) is 0 Å². The largest absolute Gasteiger partial charge is 0.376 e. The van der Waals surface area contributed by atoms with Gasteiger partial charge in [-0.15, -0.1) is 0 Å². The van der Waals surface area contributed by atoms with Gasteiger partial charge in [0, 0.05) is 19.7 Å². The summed E-state index contributed by atoms with van der Waals surface area (Å²) in [6, 6.07) is 0. The van der Waals surface area contributed by atoms with Crippen LogP contribution in [0.2, 0.25) is 0 Å². The van der Waals surface area contributed by atoms with Crippen molar-refractivity contribution in [1.82, 2.24) is 10.2 Å². The van der Waals surface area contributed by atoms with Crippen LogP contribution in [0.1, 0.15) is 27.2 Å². The highest BCUT2D eigenvalue weighted by molar-refractivity contribution is 4.59. The van der Waals surface area contributed by atoms with E-state index in [1.165, 1.54) is 0 Å². The molecule has 0 aromatic rings. The van der Waals surface area contributed by atoms with Crippen molar-refractivity contribution in [3.8, 4) is 0 Å². The van der Waals surface area contributed by atoms with E-state index in [4.69, 9.17) is 4.74 Å². The highest BCUT2D eigenvalue weighted by atomic mass is 16.5. The molecule has 0 saturated heterocycles. The molecule has 0 saturated carbocycles. The van der Waals surface area contributed by atoms with Gasteiger partial charge in [-0.2, -0.15) is 0 Å². The molecule has 3 nitrogen and oxygen atoms in total. The van der Waals surface area contributed by atoms with E-state index in [0.29, 0.717) is 0 Å². The normalized spacial score (nSPS) is 12.4. The molecule has 0 fully saturated rings. The zero-order chi connectivity index (χ0) is 11.0. The number of hydrogen-bond donors (Lipinski definition) is 1. The van der Waals surface area contributed by atoms with Crippen LogP contribution >= 0.6 is 0 Å². The summed E-state index contributed by atoms with van der Waals surface area (Å²) in [5.74, 6) is 0. The van der Waals surface area contributed by atoms with E-state index in [9.17, 15) is 0 Å². The fourth-order valence-electron chi connectivity index (χ4n) is 1.00. The summed E-state index contributed by atoms with van der Waals surface area (Å²) in [6.45, 7) is 10.3. The lowest BCUT2D eigenvalue weighted by Gasteiger charge is -2.19. The highest BCUT2D eigenvalue weighted by Crippen LogP contribution is 2.06. The van der Waals surface area contributed by atoms with Crippen LogP contribution in [0.5, 0.6) is 0 Å². The van der Waals surface area contributed by atoms with E-state index in [1.807, 2.05) is 0 Å². The van der Waals surface area contributed by atoms with Crippen LogP contribution < -0.4 is 5.32 Å². The van der Waals surface area contributed by atoms with Gasteiger partial charge in [-0.3, -0.25) is 0 Å². The van der Waals surface area contributed by atoms with Crippen LogP contribution in [-0.4, -0.2) is 50.8 Å². The topological polar surface area (TPSA) is 24.5 Å². The van der Waals surface area contributed by atoms with Gasteiger partial charge in [-0.1, -0.05) is 0 Å². The molecule has 3 heteroatoms. The van der Waals surface area contributed by atoms with E-state index in [-0.39, 0.29) is 5.60 Å². The maximum Gasteiger partial charge on any atom is 0.0598 e. The van der Waals surface area contributed by atoms with Crippen LogP contribution in [-0.2, 0) is 4.74 Å². The van der Waals surface area contributed by atoms with Crippen molar-refractivity contribution < 1.29 is 4.74 Å². The van der Waals surface area contributed by atoms with E-state index >= 15 is 0 Å². The summed E-state index contributed by atoms with van der Waals surface area (Å²) in [5, 5.41) is 3.38. The Labute approximate surface area is 88.8 Å². The lowest BCUT2D eigenvalue weighted by Crippen LogP contribution is -2.28. The zero-order valence-electron chi connectivity index (χ0n) is 10.4. The minimum Gasteiger partial charge on any atom is -0.376 e. The van der Waals surface area contributed by atoms with Gasteiger partial charge >= 0.3 is 0 Å². The highest BCUT2D eigenvalue weighted by Gasteiger charge is 2.08. The first kappa shape index (κ1) is 13.9. The summed E-state index contributed by atoms with van der Waals surface area (Å²) in [5.41, 5.74) is 0.00361. The predicted molar refractivity (Wildman–Crippen MR) is 61.7 cm³/mol. The van der Waals surface area contributed by atoms with Crippen LogP contribution in [0, 0.1) is 0 Å². The molecule has 0 heterocycles. The Balaban J connectivity index is 3.07. The molecular formula is C11H26N2O. The molecule has 0 bridgehead atoms. The minimum absolute atomic E-state index is 0.00361. The SMILES string of the molecule is CN(C)CCNCCCOC(C)(C)C. The molecule has 0 atom stereocenters. The van der Waals surface area contributed by atoms with Crippen LogP contribution in [0.4, 0.5) is 0 Å². The average Bonchev–Trinajstić information content (AvgIpc) is 2.00. The molecule has 1 N–H and O–H groups in total. The van der Waals surface area contributed by atoms with E-state index in [0.717, 1.165) is 32.7 Å². The van der Waals surface area contributed by atoms with Gasteiger partial charge in [0.05, 0.1) is 5.60 Å². The molecule has 0 spiro atoms. The predicted octanol–water partition coefficient (Wildman–Crippen LogP) is 1.34. The minimum atomic E-state index is 0.00361. The Kier molecular flexibility index (Phi) is 7.15. The van der Waals surface area contributed by atoms with E-state index in [1.54, 1.807) is 0 Å². The summed E-state index contributed by atoms with van der Waals surface area (Å²) >= 11 is 0. The smallest absolute Gasteiger partial charge is 0.0598 e. The van der Waals surface area contributed by atoms with Gasteiger partial charge in [0.2, 0.25) is 0 Å². The van der Waals surface area contributed by atoms with Gasteiger partial charge < -0.3 is 15.0 Å². The van der Waals surface area contributed by atoms with Crippen LogP contribution in [0.25, 0.3) is 0 Å². The lowest BCUT2D eigenvalue weighted by molar-refractivity contribution is -0.00377. The first-order valence-electron chi connectivity index (χ1n) is 5.41. The molecule has 0 unspecified atom stereocenters. The lowest BCUT2D eigenvalue weighted by atomic mass is 10.2. The second-order valence-corrected chi connectivity index (χ2v) is 4.87. The molecule has 0 amide bonds. The maximum absolute atomic E-state index is 5.61. The number of ether oxygens (including phenoxy) is 1. The number of likely N-dealkylation sites (N-methyl/N-ethyl adjacent to an activating group) is 1. The Morgan fingerprint density at radius 2 is 1.79 bits per heavy atom. The fraction of sp³-hybridized carbons (Fsp3) is 1.00. The quantitative estimate of drug-likeness (QED) is 0.631. The monoisotopic (exact) mass is 202 g/mol. The summed E-state index contributed by atoms with van der Waals surface area (Å²) < 4.78 is 5.61. The molecule has 0 aromatic carbocycles. The van der Waals surface area contributed by atoms with Crippen molar-refractivity contribution in [2.24, 2.45) is 0 Å². The molecule has 0 aromatic heterocycles. The molecule has 0 rings (SSSR count). The van der Waals surface area contributed by atoms with Crippen molar-refractivity contribution in [3.63, 3.8) is 0 Å². The summed E-state index contributed by atoms with van der Waals surface area (Å²) in [7, 11) is 4.18. The Hall–Kier alpha value is -0.120. The molecule has 86 valence electrons. The standard InChI is InChI=1S/C11H26N2O/c1-11(2,3)14-10-6-7-12-8-9-13(4)5/h12H,6-10H2,1-5H3. The van der Waals surface area contributed by atoms with Gasteiger partial charge in [0.1, 0.15) is 0 Å². The zero-order valence-corrected chi connectivity index (χ0v) is 10.4. The Bertz CT molecular complexity index is 130. The third-order valence-corrected chi connectivity index (χ3v) is 1.77. The van der Waals surface area contributed by atoms with Gasteiger partial charge in [-0.05, 0) is 47.8 Å². The molecule has 0 aliphatic rings. The second kappa shape index (κ2) is 7.21. The first-order chi connectivity index (χ1) is 6.42. The Morgan fingerprint density at radius 1 is 1.14 bits per heavy atom.